The Morgan fingerprint density at radius 1 is 1.14 bits per heavy atom. The van der Waals surface area contributed by atoms with Crippen molar-refractivity contribution in [3.63, 3.8) is 0 Å². The van der Waals surface area contributed by atoms with Crippen molar-refractivity contribution in [1.82, 2.24) is 9.55 Å². The summed E-state index contributed by atoms with van der Waals surface area (Å²) in [5.41, 5.74) is 3.24. The Bertz CT molecular complexity index is 1610. The number of carboxylic acid groups (broad SMARTS) is 1. The van der Waals surface area contributed by atoms with Crippen LogP contribution in [0.15, 0.2) is 88.3 Å². The highest BCUT2D eigenvalue weighted by atomic mass is 16.4. The molecule has 0 aliphatic heterocycles. The van der Waals surface area contributed by atoms with E-state index < -0.39 is 18.1 Å². The van der Waals surface area contributed by atoms with Crippen LogP contribution in [-0.2, 0) is 11.3 Å². The molecule has 5 rings (SSSR count). The van der Waals surface area contributed by atoms with E-state index in [0.717, 1.165) is 39.5 Å². The van der Waals surface area contributed by atoms with Crippen molar-refractivity contribution < 1.29 is 14.3 Å². The summed E-state index contributed by atoms with van der Waals surface area (Å²) in [5.74, 6) is -0.702. The molecule has 2 aromatic heterocycles. The summed E-state index contributed by atoms with van der Waals surface area (Å²) in [5, 5.41) is 14.8. The maximum absolute atomic E-state index is 13.5. The lowest BCUT2D eigenvalue weighted by atomic mass is 9.95. The van der Waals surface area contributed by atoms with Gasteiger partial charge < -0.3 is 14.8 Å². The molecule has 7 heteroatoms. The smallest absolute Gasteiger partial charge is 0.323 e. The lowest BCUT2D eigenvalue weighted by molar-refractivity contribution is -0.137. The van der Waals surface area contributed by atoms with Crippen molar-refractivity contribution in [2.75, 3.05) is 5.32 Å². The van der Waals surface area contributed by atoms with Gasteiger partial charge in [-0.3, -0.25) is 14.2 Å². The van der Waals surface area contributed by atoms with Gasteiger partial charge in [0.1, 0.15) is 29.2 Å². The van der Waals surface area contributed by atoms with E-state index >= 15 is 0 Å². The fraction of sp³-hybridized carbons (Fsp3) is 0.207. The summed E-state index contributed by atoms with van der Waals surface area (Å²) >= 11 is 0. The maximum Gasteiger partial charge on any atom is 0.323 e. The summed E-state index contributed by atoms with van der Waals surface area (Å²) < 4.78 is 7.16. The van der Waals surface area contributed by atoms with Crippen LogP contribution in [0, 0.1) is 5.92 Å². The van der Waals surface area contributed by atoms with Crippen LogP contribution in [0.1, 0.15) is 37.7 Å². The second-order valence-corrected chi connectivity index (χ2v) is 8.91. The zero-order valence-corrected chi connectivity index (χ0v) is 20.1. The SMILES string of the molecule is CCC1C=CC=CC=C1c1ncc(N[C@@H](C)c2ccc3oc4ccccc4c3c2)c(=O)n1CC(=O)O. The molecular weight excluding hydrogens is 454 g/mol. The highest BCUT2D eigenvalue weighted by Gasteiger charge is 2.21. The molecule has 0 radical (unpaired) electrons. The first-order chi connectivity index (χ1) is 17.5. The first kappa shape index (κ1) is 23.4. The van der Waals surface area contributed by atoms with Crippen molar-refractivity contribution >= 4 is 39.2 Å². The van der Waals surface area contributed by atoms with E-state index in [-0.39, 0.29) is 17.6 Å². The van der Waals surface area contributed by atoms with Gasteiger partial charge >= 0.3 is 5.97 Å². The molecule has 0 saturated heterocycles. The van der Waals surface area contributed by atoms with Crippen LogP contribution in [0.3, 0.4) is 0 Å². The Balaban J connectivity index is 1.51. The average Bonchev–Trinajstić information content (AvgIpc) is 3.07. The topological polar surface area (TPSA) is 97.4 Å². The molecule has 0 saturated carbocycles. The average molecular weight is 482 g/mol. The quantitative estimate of drug-likeness (QED) is 0.339. The third kappa shape index (κ3) is 4.35. The normalized spacial score (nSPS) is 16.2. The number of hydrogen-bond donors (Lipinski definition) is 2. The maximum atomic E-state index is 13.5. The van der Waals surface area contributed by atoms with Crippen LogP contribution in [0.5, 0.6) is 0 Å². The number of allylic oxidation sites excluding steroid dienone is 6. The zero-order chi connectivity index (χ0) is 25.2. The monoisotopic (exact) mass is 481 g/mol. The Morgan fingerprint density at radius 2 is 1.94 bits per heavy atom. The molecule has 1 unspecified atom stereocenters. The number of carboxylic acids is 1. The zero-order valence-electron chi connectivity index (χ0n) is 20.1. The first-order valence-electron chi connectivity index (χ1n) is 12.0. The highest BCUT2D eigenvalue weighted by molar-refractivity contribution is 6.05. The Morgan fingerprint density at radius 3 is 2.75 bits per heavy atom. The molecule has 0 bridgehead atoms. The van der Waals surface area contributed by atoms with Crippen LogP contribution in [-0.4, -0.2) is 20.6 Å². The standard InChI is InChI=1S/C29H27N3O4/c1-3-19-9-5-4-6-10-21(19)28-30-16-24(29(35)32(28)17-27(33)34)31-18(2)20-13-14-26-23(15-20)22-11-7-8-12-25(22)36-26/h4-16,18-19,31H,3,17H2,1-2H3,(H,33,34)/t18-,19?/m0/s1. The molecule has 7 nitrogen and oxygen atoms in total. The molecule has 2 N–H and O–H groups in total. The van der Waals surface area contributed by atoms with Crippen LogP contribution >= 0.6 is 0 Å². The van der Waals surface area contributed by atoms with E-state index in [2.05, 4.69) is 16.4 Å². The van der Waals surface area contributed by atoms with E-state index in [1.165, 1.54) is 10.8 Å². The molecular formula is C29H27N3O4. The molecule has 182 valence electrons. The molecule has 4 aromatic rings. The van der Waals surface area contributed by atoms with Crippen molar-refractivity contribution in [2.24, 2.45) is 5.92 Å². The fourth-order valence-corrected chi connectivity index (χ4v) is 4.68. The molecule has 1 aliphatic rings. The summed E-state index contributed by atoms with van der Waals surface area (Å²) in [4.78, 5) is 29.7. The minimum Gasteiger partial charge on any atom is -0.480 e. The molecule has 0 fully saturated rings. The number of aromatic nitrogens is 2. The van der Waals surface area contributed by atoms with Gasteiger partial charge in [0, 0.05) is 28.3 Å². The minimum atomic E-state index is -1.10. The van der Waals surface area contributed by atoms with Crippen molar-refractivity contribution in [1.29, 1.82) is 0 Å². The number of para-hydroxylation sites is 1. The number of aliphatic carboxylic acids is 1. The van der Waals surface area contributed by atoms with E-state index in [9.17, 15) is 14.7 Å². The van der Waals surface area contributed by atoms with Crippen LogP contribution in [0.25, 0.3) is 27.5 Å². The third-order valence-corrected chi connectivity index (χ3v) is 6.55. The first-order valence-corrected chi connectivity index (χ1v) is 12.0. The largest absolute Gasteiger partial charge is 0.480 e. The van der Waals surface area contributed by atoms with Crippen LogP contribution < -0.4 is 10.9 Å². The number of anilines is 1. The van der Waals surface area contributed by atoms with Gasteiger partial charge in [0.25, 0.3) is 5.56 Å². The number of carbonyl (C=O) groups is 1. The van der Waals surface area contributed by atoms with Crippen molar-refractivity contribution in [3.8, 4) is 0 Å². The summed E-state index contributed by atoms with van der Waals surface area (Å²) in [6.07, 6.45) is 12.0. The lowest BCUT2D eigenvalue weighted by Crippen LogP contribution is -2.31. The van der Waals surface area contributed by atoms with Gasteiger partial charge in [-0.2, -0.15) is 0 Å². The number of nitrogens with one attached hydrogen (secondary N) is 1. The van der Waals surface area contributed by atoms with Crippen LogP contribution in [0.2, 0.25) is 0 Å². The van der Waals surface area contributed by atoms with Gasteiger partial charge in [0.05, 0.1) is 6.20 Å². The van der Waals surface area contributed by atoms with E-state index in [1.807, 2.05) is 80.6 Å². The summed E-state index contributed by atoms with van der Waals surface area (Å²) in [6.45, 7) is 3.53. The molecule has 2 aromatic carbocycles. The predicted octanol–water partition coefficient (Wildman–Crippen LogP) is 5.94. The van der Waals surface area contributed by atoms with Gasteiger partial charge in [0.15, 0.2) is 0 Å². The van der Waals surface area contributed by atoms with Crippen molar-refractivity contribution in [2.45, 2.75) is 32.9 Å². The second kappa shape index (κ2) is 9.70. The number of hydrogen-bond acceptors (Lipinski definition) is 5. The number of benzene rings is 2. The van der Waals surface area contributed by atoms with Crippen LogP contribution in [0.4, 0.5) is 5.69 Å². The lowest BCUT2D eigenvalue weighted by Gasteiger charge is -2.20. The fourth-order valence-electron chi connectivity index (χ4n) is 4.68. The molecule has 0 spiro atoms. The van der Waals surface area contributed by atoms with Gasteiger partial charge in [-0.25, -0.2) is 4.98 Å². The number of nitrogens with zero attached hydrogens (tertiary/aromatic N) is 2. The predicted molar refractivity (Wildman–Crippen MR) is 142 cm³/mol. The Hall–Kier alpha value is -4.39. The van der Waals surface area contributed by atoms with Gasteiger partial charge in [0.2, 0.25) is 0 Å². The summed E-state index contributed by atoms with van der Waals surface area (Å²) in [7, 11) is 0. The molecule has 2 atom stereocenters. The third-order valence-electron chi connectivity index (χ3n) is 6.55. The summed E-state index contributed by atoms with van der Waals surface area (Å²) in [6, 6.07) is 13.6. The van der Waals surface area contributed by atoms with E-state index in [4.69, 9.17) is 4.42 Å². The molecule has 1 aliphatic carbocycles. The Labute approximate surface area is 208 Å². The van der Waals surface area contributed by atoms with E-state index in [0.29, 0.717) is 5.82 Å². The van der Waals surface area contributed by atoms with Gasteiger partial charge in [-0.05, 0) is 37.1 Å². The van der Waals surface area contributed by atoms with Gasteiger partial charge in [-0.15, -0.1) is 0 Å². The number of rotatable bonds is 7. The highest BCUT2D eigenvalue weighted by Crippen LogP contribution is 2.32. The molecule has 2 heterocycles. The molecule has 36 heavy (non-hydrogen) atoms. The van der Waals surface area contributed by atoms with Gasteiger partial charge in [-0.1, -0.05) is 61.6 Å². The van der Waals surface area contributed by atoms with E-state index in [1.54, 1.807) is 0 Å². The Kier molecular flexibility index (Phi) is 6.29. The molecule has 0 amide bonds. The minimum absolute atomic E-state index is 0.0289. The second-order valence-electron chi connectivity index (χ2n) is 8.91. The number of fused-ring (bicyclic) bond motifs is 3. The van der Waals surface area contributed by atoms with Crippen molar-refractivity contribution in [3.05, 3.63) is 101 Å². The number of furan rings is 1.